The summed E-state index contributed by atoms with van der Waals surface area (Å²) < 4.78 is 29.3. The molecule has 0 saturated carbocycles. The third kappa shape index (κ3) is 4.72. The van der Waals surface area contributed by atoms with Crippen molar-refractivity contribution in [3.05, 3.63) is 53.6 Å². The fourth-order valence-electron chi connectivity index (χ4n) is 3.14. The Hall–Kier alpha value is -2.80. The van der Waals surface area contributed by atoms with Crippen molar-refractivity contribution in [2.45, 2.75) is 6.54 Å². The molecule has 0 bridgehead atoms. The van der Waals surface area contributed by atoms with Crippen molar-refractivity contribution < 1.29 is 13.2 Å². The third-order valence-corrected chi connectivity index (χ3v) is 5.80. The summed E-state index contributed by atoms with van der Waals surface area (Å²) in [4.78, 5) is 2.01. The number of nitrogens with zero attached hydrogens (tertiary/aromatic N) is 3. The first-order chi connectivity index (χ1) is 13.4. The van der Waals surface area contributed by atoms with Gasteiger partial charge in [0, 0.05) is 38.4 Å². The Balaban J connectivity index is 1.66. The van der Waals surface area contributed by atoms with Gasteiger partial charge >= 0.3 is 0 Å². The number of benzene rings is 2. The molecule has 0 spiro atoms. The van der Waals surface area contributed by atoms with E-state index in [2.05, 4.69) is 11.4 Å². The Morgan fingerprint density at radius 1 is 1.14 bits per heavy atom. The van der Waals surface area contributed by atoms with Crippen LogP contribution in [-0.4, -0.2) is 46.0 Å². The van der Waals surface area contributed by atoms with E-state index in [-0.39, 0.29) is 0 Å². The number of hydrogen-bond acceptors (Lipinski definition) is 6. The molecule has 0 atom stereocenters. The second-order valence-corrected chi connectivity index (χ2v) is 8.02. The van der Waals surface area contributed by atoms with Crippen LogP contribution in [0.25, 0.3) is 0 Å². The van der Waals surface area contributed by atoms with E-state index in [4.69, 9.17) is 9.88 Å². The molecule has 1 fully saturated rings. The maximum Gasteiger partial charge on any atom is 0.277 e. The molecule has 3 N–H and O–H groups in total. The van der Waals surface area contributed by atoms with Crippen molar-refractivity contribution in [2.24, 2.45) is 5.14 Å². The number of piperazine rings is 1. The van der Waals surface area contributed by atoms with Gasteiger partial charge in [-0.25, -0.2) is 5.14 Å². The largest absolute Gasteiger partial charge is 0.497 e. The summed E-state index contributed by atoms with van der Waals surface area (Å²) in [5.41, 5.74) is 3.29. The fourth-order valence-corrected chi connectivity index (χ4v) is 3.81. The first-order valence-electron chi connectivity index (χ1n) is 8.84. The highest BCUT2D eigenvalue weighted by atomic mass is 32.2. The zero-order chi connectivity index (χ0) is 20.1. The predicted molar refractivity (Wildman–Crippen MR) is 108 cm³/mol. The molecule has 9 heteroatoms. The van der Waals surface area contributed by atoms with Crippen LogP contribution in [0.3, 0.4) is 0 Å². The van der Waals surface area contributed by atoms with Gasteiger partial charge in [-0.15, -0.1) is 0 Å². The maximum absolute atomic E-state index is 11.4. The van der Waals surface area contributed by atoms with Gasteiger partial charge in [-0.1, -0.05) is 12.1 Å². The topological polar surface area (TPSA) is 112 Å². The monoisotopic (exact) mass is 401 g/mol. The van der Waals surface area contributed by atoms with Gasteiger partial charge in [0.05, 0.1) is 18.4 Å². The van der Waals surface area contributed by atoms with Gasteiger partial charge in [0.2, 0.25) is 0 Å². The molecule has 8 nitrogen and oxygen atoms in total. The molecule has 0 aromatic heterocycles. The van der Waals surface area contributed by atoms with E-state index in [1.807, 2.05) is 47.4 Å². The van der Waals surface area contributed by atoms with Crippen LogP contribution >= 0.6 is 0 Å². The number of nitriles is 1. The summed E-state index contributed by atoms with van der Waals surface area (Å²) >= 11 is 0. The summed E-state index contributed by atoms with van der Waals surface area (Å²) in [5, 5.41) is 18.0. The van der Waals surface area contributed by atoms with Crippen molar-refractivity contribution >= 4 is 21.6 Å². The lowest BCUT2D eigenvalue weighted by Gasteiger charge is -2.34. The molecule has 2 aromatic carbocycles. The van der Waals surface area contributed by atoms with E-state index in [0.29, 0.717) is 38.3 Å². The molecular formula is C19H23N5O3S. The molecule has 0 aliphatic carbocycles. The summed E-state index contributed by atoms with van der Waals surface area (Å²) in [6.45, 7) is 2.22. The Kier molecular flexibility index (Phi) is 6.04. The Labute approximate surface area is 165 Å². The molecule has 2 aromatic rings. The number of rotatable bonds is 6. The Bertz CT molecular complexity index is 962. The number of nitrogens with one attached hydrogen (secondary N) is 1. The molecule has 1 saturated heterocycles. The Morgan fingerprint density at radius 2 is 1.82 bits per heavy atom. The van der Waals surface area contributed by atoms with Crippen LogP contribution < -0.4 is 20.1 Å². The second kappa shape index (κ2) is 8.48. The normalized spacial score (nSPS) is 15.1. The highest BCUT2D eigenvalue weighted by Gasteiger charge is 2.25. The fraction of sp³-hybridized carbons (Fsp3) is 0.316. The number of methoxy groups -OCH3 is 1. The van der Waals surface area contributed by atoms with Gasteiger partial charge in [0.1, 0.15) is 11.8 Å². The predicted octanol–water partition coefficient (Wildman–Crippen LogP) is 1.50. The van der Waals surface area contributed by atoms with Crippen LogP contribution in [-0.2, 0) is 16.8 Å². The maximum atomic E-state index is 11.4. The molecule has 3 rings (SSSR count). The minimum atomic E-state index is -3.67. The van der Waals surface area contributed by atoms with E-state index in [1.165, 1.54) is 4.31 Å². The lowest BCUT2D eigenvalue weighted by Crippen LogP contribution is -2.50. The zero-order valence-electron chi connectivity index (χ0n) is 15.6. The number of ether oxygens (including phenoxy) is 1. The van der Waals surface area contributed by atoms with Crippen LogP contribution in [0.2, 0.25) is 0 Å². The van der Waals surface area contributed by atoms with E-state index in [9.17, 15) is 13.7 Å². The van der Waals surface area contributed by atoms with Gasteiger partial charge in [-0.2, -0.15) is 18.0 Å². The van der Waals surface area contributed by atoms with E-state index in [1.54, 1.807) is 7.11 Å². The zero-order valence-corrected chi connectivity index (χ0v) is 16.4. The molecular weight excluding hydrogens is 378 g/mol. The quantitative estimate of drug-likeness (QED) is 0.759. The second-order valence-electron chi connectivity index (χ2n) is 6.48. The first kappa shape index (κ1) is 19.9. The van der Waals surface area contributed by atoms with Crippen molar-refractivity contribution in [2.75, 3.05) is 43.5 Å². The van der Waals surface area contributed by atoms with Crippen molar-refractivity contribution in [1.29, 1.82) is 5.26 Å². The van der Waals surface area contributed by atoms with Crippen LogP contribution in [0.15, 0.2) is 42.5 Å². The smallest absolute Gasteiger partial charge is 0.277 e. The third-order valence-electron chi connectivity index (χ3n) is 4.71. The standard InChI is InChI=1S/C19H23N5O3S/c1-27-18-5-2-15(3-6-18)14-22-17-4-7-19(16(12-17)13-20)23-8-10-24(11-9-23)28(21,25)26/h2-7,12,22H,8-11,14H2,1H3,(H2,21,25,26). The lowest BCUT2D eigenvalue weighted by atomic mass is 10.1. The average Bonchev–Trinajstić information content (AvgIpc) is 2.72. The number of anilines is 2. The van der Waals surface area contributed by atoms with Crippen LogP contribution in [0.5, 0.6) is 5.75 Å². The molecule has 1 aliphatic heterocycles. The summed E-state index contributed by atoms with van der Waals surface area (Å²) in [6, 6.07) is 15.6. The van der Waals surface area contributed by atoms with E-state index < -0.39 is 10.2 Å². The minimum absolute atomic E-state index is 0.307. The van der Waals surface area contributed by atoms with Crippen molar-refractivity contribution in [1.82, 2.24) is 4.31 Å². The minimum Gasteiger partial charge on any atom is -0.497 e. The Morgan fingerprint density at radius 3 is 2.39 bits per heavy atom. The molecule has 28 heavy (non-hydrogen) atoms. The molecule has 0 radical (unpaired) electrons. The SMILES string of the molecule is COc1ccc(CNc2ccc(N3CCN(S(N)(=O)=O)CC3)c(C#N)c2)cc1. The average molecular weight is 401 g/mol. The van der Waals surface area contributed by atoms with Gasteiger partial charge in [0.25, 0.3) is 10.2 Å². The number of hydrogen-bond donors (Lipinski definition) is 2. The molecule has 0 amide bonds. The van der Waals surface area contributed by atoms with E-state index >= 15 is 0 Å². The highest BCUT2D eigenvalue weighted by Crippen LogP contribution is 2.25. The lowest BCUT2D eigenvalue weighted by molar-refractivity contribution is 0.385. The summed E-state index contributed by atoms with van der Waals surface area (Å²) in [7, 11) is -2.04. The van der Waals surface area contributed by atoms with Gasteiger partial charge in [0.15, 0.2) is 0 Å². The van der Waals surface area contributed by atoms with Gasteiger partial charge in [-0.05, 0) is 35.9 Å². The summed E-state index contributed by atoms with van der Waals surface area (Å²) in [6.07, 6.45) is 0. The number of nitrogens with two attached hydrogens (primary N) is 1. The van der Waals surface area contributed by atoms with Crippen molar-refractivity contribution in [3.8, 4) is 11.8 Å². The van der Waals surface area contributed by atoms with Crippen LogP contribution in [0.1, 0.15) is 11.1 Å². The van der Waals surface area contributed by atoms with E-state index in [0.717, 1.165) is 22.7 Å². The first-order valence-corrected chi connectivity index (χ1v) is 10.3. The summed E-state index contributed by atoms with van der Waals surface area (Å²) in [5.74, 6) is 0.808. The van der Waals surface area contributed by atoms with Crippen LogP contribution in [0, 0.1) is 11.3 Å². The molecule has 148 valence electrons. The molecule has 1 heterocycles. The van der Waals surface area contributed by atoms with Crippen LogP contribution in [0.4, 0.5) is 11.4 Å². The van der Waals surface area contributed by atoms with Gasteiger partial charge < -0.3 is 15.0 Å². The molecule has 0 unspecified atom stereocenters. The highest BCUT2D eigenvalue weighted by molar-refractivity contribution is 7.86. The van der Waals surface area contributed by atoms with Gasteiger partial charge in [-0.3, -0.25) is 0 Å². The molecule has 1 aliphatic rings. The van der Waals surface area contributed by atoms with Crippen molar-refractivity contribution in [3.63, 3.8) is 0 Å².